The van der Waals surface area contributed by atoms with Gasteiger partial charge in [-0.15, -0.1) is 0 Å². The van der Waals surface area contributed by atoms with Crippen molar-refractivity contribution in [2.75, 3.05) is 11.5 Å². The maximum Gasteiger partial charge on any atom is 0.263 e. The summed E-state index contributed by atoms with van der Waals surface area (Å²) in [6.07, 6.45) is 4.13. The van der Waals surface area contributed by atoms with Crippen LogP contribution < -0.4 is 9.64 Å². The van der Waals surface area contributed by atoms with Crippen LogP contribution in [0, 0.1) is 0 Å². The molecular weight excluding hydrogens is 512 g/mol. The molecule has 1 aromatic heterocycles. The van der Waals surface area contributed by atoms with Crippen molar-refractivity contribution in [2.45, 2.75) is 6.54 Å². The molecule has 0 N–H and O–H groups in total. The summed E-state index contributed by atoms with van der Waals surface area (Å²) in [4.78, 5) is 15.5. The number of aromatic nitrogens is 1. The van der Waals surface area contributed by atoms with E-state index in [2.05, 4.69) is 38.8 Å². The van der Waals surface area contributed by atoms with Crippen molar-refractivity contribution < 1.29 is 9.53 Å². The minimum absolute atomic E-state index is 0.0225. The number of hydrogen-bond acceptors (Lipinski definition) is 2. The Labute approximate surface area is 218 Å². The summed E-state index contributed by atoms with van der Waals surface area (Å²) in [6.45, 7) is 1.24. The zero-order valence-electron chi connectivity index (χ0n) is 19.5. The van der Waals surface area contributed by atoms with Gasteiger partial charge in [-0.05, 0) is 54.6 Å². The van der Waals surface area contributed by atoms with Gasteiger partial charge in [-0.25, -0.2) is 0 Å². The van der Waals surface area contributed by atoms with E-state index in [1.165, 1.54) is 0 Å². The van der Waals surface area contributed by atoms with Gasteiger partial charge in [0.25, 0.3) is 5.91 Å². The second kappa shape index (κ2) is 9.51. The van der Waals surface area contributed by atoms with Gasteiger partial charge in [0.05, 0.1) is 17.8 Å². The highest BCUT2D eigenvalue weighted by Gasteiger charge is 2.33. The molecule has 1 aliphatic heterocycles. The Hall–Kier alpha value is -4.09. The van der Waals surface area contributed by atoms with Crippen LogP contribution in [-0.2, 0) is 11.3 Å². The van der Waals surface area contributed by atoms with E-state index in [1.54, 1.807) is 4.90 Å². The number of benzene rings is 4. The summed E-state index contributed by atoms with van der Waals surface area (Å²) >= 11 is 3.62. The molecule has 1 amide bonds. The Morgan fingerprint density at radius 2 is 1.56 bits per heavy atom. The first-order valence-electron chi connectivity index (χ1n) is 11.9. The van der Waals surface area contributed by atoms with Crippen LogP contribution in [0.2, 0.25) is 0 Å². The number of hydrogen-bond donors (Lipinski definition) is 0. The maximum absolute atomic E-state index is 13.7. The van der Waals surface area contributed by atoms with E-state index in [0.717, 1.165) is 43.6 Å². The average Bonchev–Trinajstić information content (AvgIpc) is 3.39. The predicted octanol–water partition coefficient (Wildman–Crippen LogP) is 7.70. The molecule has 6 rings (SSSR count). The van der Waals surface area contributed by atoms with Crippen LogP contribution in [-0.4, -0.2) is 17.1 Å². The summed E-state index contributed by atoms with van der Waals surface area (Å²) in [7, 11) is 0. The highest BCUT2D eigenvalue weighted by Crippen LogP contribution is 2.42. The fourth-order valence-electron chi connectivity index (χ4n) is 4.75. The van der Waals surface area contributed by atoms with E-state index in [-0.39, 0.29) is 5.91 Å². The zero-order chi connectivity index (χ0) is 24.5. The van der Waals surface area contributed by atoms with Crippen molar-refractivity contribution in [1.82, 2.24) is 4.57 Å². The number of carbonyl (C=O) groups excluding carboxylic acids is 1. The van der Waals surface area contributed by atoms with E-state index in [0.29, 0.717) is 18.7 Å². The molecule has 4 nitrogen and oxygen atoms in total. The number of amides is 1. The van der Waals surface area contributed by atoms with Crippen LogP contribution >= 0.6 is 15.9 Å². The van der Waals surface area contributed by atoms with E-state index in [4.69, 9.17) is 4.74 Å². The number of para-hydroxylation sites is 3. The standard InChI is InChI=1S/C31H23BrN2O2/c32-23-15-16-29-27(20-23)22(21-33(29)17-18-36-25-11-5-2-6-12-25)19-28-26-13-7-8-14-30(26)34(31(28)35)24-9-3-1-4-10-24/h1-16,19-21H,17-18H2. The lowest BCUT2D eigenvalue weighted by atomic mass is 10.0. The Kier molecular flexibility index (Phi) is 5.91. The molecule has 0 unspecified atom stereocenters. The Morgan fingerprint density at radius 3 is 2.36 bits per heavy atom. The zero-order valence-corrected chi connectivity index (χ0v) is 21.1. The van der Waals surface area contributed by atoms with Crippen LogP contribution in [0.5, 0.6) is 5.75 Å². The molecule has 176 valence electrons. The van der Waals surface area contributed by atoms with Gasteiger partial charge in [0.15, 0.2) is 0 Å². The van der Waals surface area contributed by atoms with E-state index >= 15 is 0 Å². The van der Waals surface area contributed by atoms with Crippen LogP contribution in [0.15, 0.2) is 114 Å². The average molecular weight is 535 g/mol. The molecular formula is C31H23BrN2O2. The van der Waals surface area contributed by atoms with Crippen molar-refractivity contribution in [3.63, 3.8) is 0 Å². The third-order valence-electron chi connectivity index (χ3n) is 6.40. The lowest BCUT2D eigenvalue weighted by molar-refractivity contribution is -0.112. The van der Waals surface area contributed by atoms with Crippen LogP contribution in [0.4, 0.5) is 11.4 Å². The van der Waals surface area contributed by atoms with Crippen molar-refractivity contribution in [3.05, 3.63) is 125 Å². The molecule has 0 saturated carbocycles. The van der Waals surface area contributed by atoms with Gasteiger partial charge in [0.2, 0.25) is 0 Å². The molecule has 0 saturated heterocycles. The largest absolute Gasteiger partial charge is 0.492 e. The van der Waals surface area contributed by atoms with Crippen molar-refractivity contribution in [1.29, 1.82) is 0 Å². The first-order chi connectivity index (χ1) is 17.7. The minimum Gasteiger partial charge on any atom is -0.492 e. The summed E-state index contributed by atoms with van der Waals surface area (Å²) in [6, 6.07) is 33.9. The Bertz CT molecular complexity index is 1590. The quantitative estimate of drug-likeness (QED) is 0.209. The number of anilines is 2. The molecule has 0 aliphatic carbocycles. The second-order valence-electron chi connectivity index (χ2n) is 8.65. The molecule has 0 radical (unpaired) electrons. The van der Waals surface area contributed by atoms with Gasteiger partial charge in [-0.1, -0.05) is 70.5 Å². The molecule has 5 heteroatoms. The first-order valence-corrected chi connectivity index (χ1v) is 12.7. The third kappa shape index (κ3) is 4.12. The van der Waals surface area contributed by atoms with Gasteiger partial charge >= 0.3 is 0 Å². The number of nitrogens with zero attached hydrogens (tertiary/aromatic N) is 2. The minimum atomic E-state index is -0.0225. The van der Waals surface area contributed by atoms with Gasteiger partial charge in [0, 0.05) is 38.4 Å². The first kappa shape index (κ1) is 22.4. The predicted molar refractivity (Wildman–Crippen MR) is 149 cm³/mol. The number of carbonyl (C=O) groups is 1. The molecule has 36 heavy (non-hydrogen) atoms. The van der Waals surface area contributed by atoms with E-state index < -0.39 is 0 Å². The lowest BCUT2D eigenvalue weighted by Crippen LogP contribution is -2.20. The maximum atomic E-state index is 13.7. The molecule has 4 aromatic carbocycles. The lowest BCUT2D eigenvalue weighted by Gasteiger charge is -2.16. The van der Waals surface area contributed by atoms with Gasteiger partial charge in [-0.3, -0.25) is 9.69 Å². The molecule has 0 bridgehead atoms. The smallest absolute Gasteiger partial charge is 0.263 e. The number of ether oxygens (including phenoxy) is 1. The Balaban J connectivity index is 1.39. The van der Waals surface area contributed by atoms with Crippen molar-refractivity contribution in [3.8, 4) is 5.75 Å². The molecule has 5 aromatic rings. The fraction of sp³-hybridized carbons (Fsp3) is 0.0645. The third-order valence-corrected chi connectivity index (χ3v) is 6.89. The van der Waals surface area contributed by atoms with Gasteiger partial charge in [-0.2, -0.15) is 0 Å². The summed E-state index contributed by atoms with van der Waals surface area (Å²) in [5.41, 5.74) is 5.49. The van der Waals surface area contributed by atoms with Crippen molar-refractivity contribution in [2.24, 2.45) is 0 Å². The number of halogens is 1. The SMILES string of the molecule is O=C1C(=Cc2cn(CCOc3ccccc3)c3ccc(Br)cc23)c2ccccc2N1c1ccccc1. The second-order valence-corrected chi connectivity index (χ2v) is 9.57. The summed E-state index contributed by atoms with van der Waals surface area (Å²) in [5, 5.41) is 1.08. The molecule has 0 fully saturated rings. The van der Waals surface area contributed by atoms with Crippen LogP contribution in [0.1, 0.15) is 11.1 Å². The molecule has 0 spiro atoms. The molecule has 1 aliphatic rings. The monoisotopic (exact) mass is 534 g/mol. The highest BCUT2D eigenvalue weighted by atomic mass is 79.9. The highest BCUT2D eigenvalue weighted by molar-refractivity contribution is 9.10. The normalized spacial score (nSPS) is 14.0. The molecule has 2 heterocycles. The molecule has 0 atom stereocenters. The van der Waals surface area contributed by atoms with Gasteiger partial charge in [0.1, 0.15) is 12.4 Å². The fourth-order valence-corrected chi connectivity index (χ4v) is 5.11. The Morgan fingerprint density at radius 1 is 0.833 bits per heavy atom. The number of rotatable bonds is 6. The van der Waals surface area contributed by atoms with Crippen LogP contribution in [0.3, 0.4) is 0 Å². The van der Waals surface area contributed by atoms with Crippen molar-refractivity contribution >= 4 is 55.8 Å². The van der Waals surface area contributed by atoms with Crippen LogP contribution in [0.25, 0.3) is 22.6 Å². The van der Waals surface area contributed by atoms with Gasteiger partial charge < -0.3 is 9.30 Å². The van der Waals surface area contributed by atoms with E-state index in [1.807, 2.05) is 97.1 Å². The topological polar surface area (TPSA) is 34.5 Å². The summed E-state index contributed by atoms with van der Waals surface area (Å²) < 4.78 is 9.13. The number of fused-ring (bicyclic) bond motifs is 2. The van der Waals surface area contributed by atoms with E-state index in [9.17, 15) is 4.79 Å². The summed E-state index contributed by atoms with van der Waals surface area (Å²) in [5.74, 6) is 0.832.